The number of nitriles is 1. The summed E-state index contributed by atoms with van der Waals surface area (Å²) in [4.78, 5) is 12.7. The minimum atomic E-state index is -1.06. The van der Waals surface area contributed by atoms with Crippen LogP contribution in [-0.2, 0) is 0 Å². The monoisotopic (exact) mass is 418 g/mol. The lowest BCUT2D eigenvalue weighted by atomic mass is 9.43. The highest BCUT2D eigenvalue weighted by atomic mass is 19.2. The number of anilines is 1. The fourth-order valence-corrected chi connectivity index (χ4v) is 3.97. The Hall–Kier alpha value is -3.20. The van der Waals surface area contributed by atoms with Crippen LogP contribution in [0, 0.1) is 29.8 Å². The van der Waals surface area contributed by atoms with E-state index >= 15 is 0 Å². The molecule has 2 aromatic carbocycles. The third-order valence-electron chi connectivity index (χ3n) is 5.84. The van der Waals surface area contributed by atoms with E-state index in [1.807, 2.05) is 26.0 Å². The fraction of sp³-hybridized carbons (Fsp3) is 0.280. The van der Waals surface area contributed by atoms with Crippen LogP contribution in [0.1, 0.15) is 53.7 Å². The quantitative estimate of drug-likeness (QED) is 0.551. The normalized spacial score (nSPS) is 14.1. The average Bonchev–Trinajstić information content (AvgIpc) is 2.79. The molecule has 0 atom stereocenters. The summed E-state index contributed by atoms with van der Waals surface area (Å²) in [6, 6.07) is 8.38. The van der Waals surface area contributed by atoms with Gasteiger partial charge in [-0.2, -0.15) is 0 Å². The van der Waals surface area contributed by atoms with Crippen molar-refractivity contribution in [3.63, 3.8) is 0 Å². The molecule has 1 aliphatic rings. The lowest BCUT2D eigenvalue weighted by Crippen LogP contribution is -2.16. The van der Waals surface area contributed by atoms with E-state index in [-0.39, 0.29) is 18.0 Å². The SMILES string of the molecule is C/C=C(\CC)c1ccc(NC(=O)c2ccc(C3=CCB(C#N)CC3)cc2C)c(F)c1F. The van der Waals surface area contributed by atoms with Crippen molar-refractivity contribution in [3.8, 4) is 5.97 Å². The Morgan fingerprint density at radius 3 is 2.55 bits per heavy atom. The molecular formula is C25H25BF2N2O. The Morgan fingerprint density at radius 2 is 1.97 bits per heavy atom. The minimum absolute atomic E-state index is 0.0674. The molecule has 2 aromatic rings. The molecule has 0 saturated carbocycles. The van der Waals surface area contributed by atoms with Gasteiger partial charge in [-0.05, 0) is 73.5 Å². The van der Waals surface area contributed by atoms with Crippen molar-refractivity contribution in [1.82, 2.24) is 0 Å². The molecule has 0 fully saturated rings. The third kappa shape index (κ3) is 4.77. The summed E-state index contributed by atoms with van der Waals surface area (Å²) in [7, 11) is 0. The summed E-state index contributed by atoms with van der Waals surface area (Å²) in [5.41, 5.74) is 4.07. The molecule has 0 saturated heterocycles. The predicted octanol–water partition coefficient (Wildman–Crippen LogP) is 6.68. The summed E-state index contributed by atoms with van der Waals surface area (Å²) in [5, 5.41) is 11.5. The van der Waals surface area contributed by atoms with E-state index in [1.165, 1.54) is 17.7 Å². The van der Waals surface area contributed by atoms with E-state index < -0.39 is 17.5 Å². The number of hydrogen-bond donors (Lipinski definition) is 1. The highest BCUT2D eigenvalue weighted by Crippen LogP contribution is 2.30. The molecule has 0 spiro atoms. The van der Waals surface area contributed by atoms with E-state index in [0.29, 0.717) is 17.6 Å². The zero-order valence-corrected chi connectivity index (χ0v) is 18.1. The summed E-state index contributed by atoms with van der Waals surface area (Å²) < 4.78 is 29.1. The van der Waals surface area contributed by atoms with E-state index in [4.69, 9.17) is 5.26 Å². The number of benzene rings is 2. The number of nitrogens with one attached hydrogen (secondary N) is 1. The molecule has 0 radical (unpaired) electrons. The first-order chi connectivity index (χ1) is 14.9. The number of nitrogens with zero attached hydrogens (tertiary/aromatic N) is 1. The van der Waals surface area contributed by atoms with Gasteiger partial charge in [-0.3, -0.25) is 4.79 Å². The molecule has 0 aliphatic carbocycles. The Bertz CT molecular complexity index is 1120. The molecule has 1 heterocycles. The van der Waals surface area contributed by atoms with Crippen molar-refractivity contribution >= 4 is 29.5 Å². The zero-order chi connectivity index (χ0) is 22.5. The molecule has 0 bridgehead atoms. The molecule has 0 unspecified atom stereocenters. The van der Waals surface area contributed by atoms with Crippen LogP contribution in [0.25, 0.3) is 11.1 Å². The number of amides is 1. The highest BCUT2D eigenvalue weighted by molar-refractivity contribution is 6.67. The molecule has 158 valence electrons. The fourth-order valence-electron chi connectivity index (χ4n) is 3.97. The molecule has 3 rings (SSSR count). The van der Waals surface area contributed by atoms with Gasteiger partial charge >= 0.3 is 0 Å². The van der Waals surface area contributed by atoms with Crippen LogP contribution in [0.15, 0.2) is 42.5 Å². The maximum absolute atomic E-state index is 14.6. The Morgan fingerprint density at radius 1 is 1.23 bits per heavy atom. The number of halogens is 2. The Labute approximate surface area is 182 Å². The van der Waals surface area contributed by atoms with Crippen LogP contribution in [0.4, 0.5) is 14.5 Å². The van der Waals surface area contributed by atoms with Gasteiger partial charge in [-0.1, -0.05) is 37.5 Å². The van der Waals surface area contributed by atoms with E-state index in [9.17, 15) is 13.6 Å². The van der Waals surface area contributed by atoms with Crippen molar-refractivity contribution < 1.29 is 13.6 Å². The van der Waals surface area contributed by atoms with Gasteiger partial charge in [-0.15, -0.1) is 0 Å². The smallest absolute Gasteiger partial charge is 0.271 e. The van der Waals surface area contributed by atoms with Gasteiger partial charge in [0.2, 0.25) is 0 Å². The Kier molecular flexibility index (Phi) is 7.07. The van der Waals surface area contributed by atoms with E-state index in [2.05, 4.69) is 17.4 Å². The van der Waals surface area contributed by atoms with Crippen molar-refractivity contribution in [2.75, 3.05) is 5.32 Å². The second-order valence-corrected chi connectivity index (χ2v) is 7.77. The van der Waals surface area contributed by atoms with Gasteiger partial charge < -0.3 is 5.32 Å². The number of carbonyl (C=O) groups excluding carboxylic acids is 1. The van der Waals surface area contributed by atoms with Crippen molar-refractivity contribution in [2.24, 2.45) is 0 Å². The average molecular weight is 418 g/mol. The van der Waals surface area contributed by atoms with Gasteiger partial charge in [-0.25, -0.2) is 14.0 Å². The van der Waals surface area contributed by atoms with Crippen LogP contribution in [0.2, 0.25) is 12.6 Å². The summed E-state index contributed by atoms with van der Waals surface area (Å²) in [5.74, 6) is -0.207. The molecule has 1 amide bonds. The van der Waals surface area contributed by atoms with Gasteiger partial charge in [0.25, 0.3) is 12.6 Å². The zero-order valence-electron chi connectivity index (χ0n) is 18.1. The maximum Gasteiger partial charge on any atom is 0.271 e. The molecule has 1 N–H and O–H groups in total. The second kappa shape index (κ2) is 9.74. The highest BCUT2D eigenvalue weighted by Gasteiger charge is 2.21. The molecule has 3 nitrogen and oxygen atoms in total. The van der Waals surface area contributed by atoms with Gasteiger partial charge in [0.15, 0.2) is 11.6 Å². The van der Waals surface area contributed by atoms with Gasteiger partial charge in [0.1, 0.15) is 0 Å². The summed E-state index contributed by atoms with van der Waals surface area (Å²) >= 11 is 0. The first-order valence-corrected chi connectivity index (χ1v) is 10.5. The lowest BCUT2D eigenvalue weighted by molar-refractivity contribution is 0.102. The molecule has 1 aliphatic heterocycles. The van der Waals surface area contributed by atoms with Crippen molar-refractivity contribution in [1.29, 1.82) is 5.26 Å². The first-order valence-electron chi connectivity index (χ1n) is 10.5. The van der Waals surface area contributed by atoms with Crippen LogP contribution >= 0.6 is 0 Å². The number of carbonyl (C=O) groups is 1. The minimum Gasteiger partial charge on any atom is -0.319 e. The third-order valence-corrected chi connectivity index (χ3v) is 5.84. The predicted molar refractivity (Wildman–Crippen MR) is 123 cm³/mol. The van der Waals surface area contributed by atoms with Gasteiger partial charge in [0, 0.05) is 17.1 Å². The first kappa shape index (κ1) is 22.5. The molecular weight excluding hydrogens is 393 g/mol. The summed E-state index contributed by atoms with van der Waals surface area (Å²) in [6.07, 6.45) is 6.81. The Balaban J connectivity index is 1.81. The molecule has 31 heavy (non-hydrogen) atoms. The number of hydrogen-bond acceptors (Lipinski definition) is 2. The van der Waals surface area contributed by atoms with E-state index in [1.54, 1.807) is 19.1 Å². The van der Waals surface area contributed by atoms with Crippen molar-refractivity contribution in [3.05, 3.63) is 76.4 Å². The van der Waals surface area contributed by atoms with Crippen LogP contribution < -0.4 is 5.32 Å². The topological polar surface area (TPSA) is 52.9 Å². The van der Waals surface area contributed by atoms with Crippen LogP contribution in [-0.4, -0.2) is 12.6 Å². The van der Waals surface area contributed by atoms with Crippen LogP contribution in [0.3, 0.4) is 0 Å². The largest absolute Gasteiger partial charge is 0.319 e. The standard InChI is InChI=1S/C25H25BF2N2O/c1-4-17(5-2)21-8-9-22(24(28)23(21)27)30-25(31)20-7-6-19(14-16(20)3)18-10-12-26(15-29)13-11-18/h4,6-10,14H,5,11-13H2,1-3H3,(H,30,31)/b17-4+. The second-order valence-electron chi connectivity index (χ2n) is 7.77. The number of rotatable bonds is 5. The van der Waals surface area contributed by atoms with E-state index in [0.717, 1.165) is 30.2 Å². The number of aryl methyl sites for hydroxylation is 1. The van der Waals surface area contributed by atoms with Crippen LogP contribution in [0.5, 0.6) is 0 Å². The molecule has 6 heteroatoms. The number of allylic oxidation sites excluding steroid dienone is 4. The summed E-state index contributed by atoms with van der Waals surface area (Å²) in [6.45, 7) is 5.54. The molecule has 0 aromatic heterocycles. The lowest BCUT2D eigenvalue weighted by Gasteiger charge is -2.16. The maximum atomic E-state index is 14.6. The van der Waals surface area contributed by atoms with Crippen molar-refractivity contribution in [2.45, 2.75) is 46.3 Å². The van der Waals surface area contributed by atoms with Gasteiger partial charge in [0.05, 0.1) is 5.69 Å².